The Bertz CT molecular complexity index is 1740. The number of aromatic nitrogens is 3. The van der Waals surface area contributed by atoms with Crippen molar-refractivity contribution in [1.82, 2.24) is 20.3 Å². The summed E-state index contributed by atoms with van der Waals surface area (Å²) in [6.45, 7) is 1.57. The minimum absolute atomic E-state index is 0.0893. The second kappa shape index (κ2) is 14.1. The zero-order valence-corrected chi connectivity index (χ0v) is 23.9. The Balaban J connectivity index is 0.000000580. The van der Waals surface area contributed by atoms with E-state index in [4.69, 9.17) is 10.5 Å². The maximum absolute atomic E-state index is 14.8. The molecular formula is C28H25F7N6O3S. The third kappa shape index (κ3) is 9.01. The third-order valence-electron chi connectivity index (χ3n) is 6.19. The number of ether oxygens (including phenoxy) is 1. The lowest BCUT2D eigenvalue weighted by Gasteiger charge is -2.14. The van der Waals surface area contributed by atoms with Crippen molar-refractivity contribution in [1.29, 1.82) is 0 Å². The number of pyridine rings is 1. The van der Waals surface area contributed by atoms with E-state index in [0.29, 0.717) is 24.7 Å². The largest absolute Gasteiger partial charge is 0.435 e. The fraction of sp³-hybridized carbons (Fsp3) is 0.250. The van der Waals surface area contributed by atoms with E-state index in [1.807, 2.05) is 0 Å². The second-order valence-electron chi connectivity index (χ2n) is 9.62. The minimum atomic E-state index is -4.64. The van der Waals surface area contributed by atoms with Crippen LogP contribution >= 0.6 is 0 Å². The van der Waals surface area contributed by atoms with Crippen LogP contribution in [0.15, 0.2) is 60.9 Å². The standard InChI is InChI=1S/C23H15F6N5O3S.C5H10FN/c24-15-10-17(37-21-14(2-1-8-31-21)16-7-9-32-22(30)33-16)18(25)19(26)20(15)34-38(35,36)11-12-3-5-13(6-4-12)23(27,28)29;6-5-2-1-3-7-4-5/h1-10,34H,11H2,(H2,30,32,33);5,7H,1-4H2. The first kappa shape index (κ1) is 33.4. The first-order chi connectivity index (χ1) is 21.2. The van der Waals surface area contributed by atoms with Crippen LogP contribution in [0.5, 0.6) is 11.6 Å². The van der Waals surface area contributed by atoms with E-state index < -0.39 is 62.6 Å². The molecule has 3 heterocycles. The highest BCUT2D eigenvalue weighted by atomic mass is 32.2. The molecule has 0 spiro atoms. The zero-order valence-electron chi connectivity index (χ0n) is 23.1. The van der Waals surface area contributed by atoms with E-state index >= 15 is 0 Å². The van der Waals surface area contributed by atoms with Crippen molar-refractivity contribution in [3.8, 4) is 22.9 Å². The number of nitrogens with zero attached hydrogens (tertiary/aromatic N) is 3. The van der Waals surface area contributed by atoms with Crippen molar-refractivity contribution in [3.63, 3.8) is 0 Å². The van der Waals surface area contributed by atoms with Crippen molar-refractivity contribution in [3.05, 3.63) is 89.5 Å². The number of alkyl halides is 4. The molecule has 0 aliphatic carbocycles. The summed E-state index contributed by atoms with van der Waals surface area (Å²) in [4.78, 5) is 11.6. The van der Waals surface area contributed by atoms with Gasteiger partial charge >= 0.3 is 6.18 Å². The maximum Gasteiger partial charge on any atom is 0.416 e. The number of hydrogen-bond acceptors (Lipinski definition) is 8. The molecule has 240 valence electrons. The van der Waals surface area contributed by atoms with Gasteiger partial charge in [0, 0.05) is 25.0 Å². The lowest BCUT2D eigenvalue weighted by Crippen LogP contribution is -2.30. The fourth-order valence-electron chi connectivity index (χ4n) is 4.05. The van der Waals surface area contributed by atoms with Crippen molar-refractivity contribution < 1.29 is 43.9 Å². The molecule has 4 aromatic rings. The van der Waals surface area contributed by atoms with Gasteiger partial charge in [-0.15, -0.1) is 0 Å². The summed E-state index contributed by atoms with van der Waals surface area (Å²) in [5.74, 6) is -7.46. The molecule has 0 amide bonds. The molecule has 0 bridgehead atoms. The second-order valence-corrected chi connectivity index (χ2v) is 11.3. The molecule has 17 heteroatoms. The summed E-state index contributed by atoms with van der Waals surface area (Å²) in [6.07, 6.45) is -0.860. The van der Waals surface area contributed by atoms with Crippen LogP contribution in [0.2, 0.25) is 0 Å². The smallest absolute Gasteiger partial charge is 0.416 e. The molecule has 5 rings (SSSR count). The van der Waals surface area contributed by atoms with Gasteiger partial charge in [-0.3, -0.25) is 4.72 Å². The highest BCUT2D eigenvalue weighted by molar-refractivity contribution is 7.91. The lowest BCUT2D eigenvalue weighted by atomic mass is 10.1. The summed E-state index contributed by atoms with van der Waals surface area (Å²) in [5, 5.41) is 2.96. The lowest BCUT2D eigenvalue weighted by molar-refractivity contribution is -0.137. The molecule has 0 radical (unpaired) electrons. The number of anilines is 2. The molecule has 4 N–H and O–H groups in total. The minimum Gasteiger partial charge on any atom is -0.435 e. The first-order valence-electron chi connectivity index (χ1n) is 13.1. The Morgan fingerprint density at radius 1 is 1.02 bits per heavy atom. The quantitative estimate of drug-likeness (QED) is 0.163. The average molecular weight is 659 g/mol. The number of sulfonamides is 1. The van der Waals surface area contributed by atoms with Crippen molar-refractivity contribution in [2.24, 2.45) is 0 Å². The SMILES string of the molecule is FC1CCCNC1.Nc1nccc(-c2cccnc2Oc2cc(F)c(NS(=O)(=O)Cc3ccc(C(F)(F)F)cc3)c(F)c2F)n1. The molecule has 1 saturated heterocycles. The number of piperidine rings is 1. The molecule has 1 aliphatic rings. The first-order valence-corrected chi connectivity index (χ1v) is 14.8. The van der Waals surface area contributed by atoms with E-state index in [1.54, 1.807) is 4.72 Å². The van der Waals surface area contributed by atoms with Crippen molar-refractivity contribution in [2.75, 3.05) is 23.5 Å². The van der Waals surface area contributed by atoms with E-state index in [-0.39, 0.29) is 28.6 Å². The van der Waals surface area contributed by atoms with Crippen LogP contribution in [0.3, 0.4) is 0 Å². The summed E-state index contributed by atoms with van der Waals surface area (Å²) in [6, 6.07) is 7.89. The molecule has 2 aromatic heterocycles. The number of nitrogens with two attached hydrogens (primary N) is 1. The summed E-state index contributed by atoms with van der Waals surface area (Å²) >= 11 is 0. The Hall–Kier alpha value is -4.51. The van der Waals surface area contributed by atoms with Crippen LogP contribution in [0, 0.1) is 17.5 Å². The van der Waals surface area contributed by atoms with E-state index in [0.717, 1.165) is 31.5 Å². The van der Waals surface area contributed by atoms with Crippen LogP contribution in [-0.2, 0) is 22.0 Å². The van der Waals surface area contributed by atoms with Gasteiger partial charge in [0.1, 0.15) is 11.9 Å². The molecule has 1 fully saturated rings. The normalized spacial score (nSPS) is 15.1. The van der Waals surface area contributed by atoms with Gasteiger partial charge < -0.3 is 15.8 Å². The zero-order chi connectivity index (χ0) is 32.8. The molecule has 1 atom stereocenters. The maximum atomic E-state index is 14.8. The van der Waals surface area contributed by atoms with Gasteiger partial charge in [0.25, 0.3) is 0 Å². The Labute approximate surface area is 252 Å². The topological polar surface area (TPSA) is 132 Å². The number of rotatable bonds is 7. The Kier molecular flexibility index (Phi) is 10.4. The van der Waals surface area contributed by atoms with E-state index in [9.17, 15) is 39.2 Å². The van der Waals surface area contributed by atoms with Crippen LogP contribution in [0.1, 0.15) is 24.0 Å². The molecule has 45 heavy (non-hydrogen) atoms. The number of nitrogens with one attached hydrogen (secondary N) is 2. The highest BCUT2D eigenvalue weighted by Gasteiger charge is 2.30. The van der Waals surface area contributed by atoms with Crippen molar-refractivity contribution >= 4 is 21.7 Å². The fourth-order valence-corrected chi connectivity index (χ4v) is 5.25. The van der Waals surface area contributed by atoms with Gasteiger partial charge in [0.05, 0.1) is 22.6 Å². The van der Waals surface area contributed by atoms with Gasteiger partial charge in [-0.2, -0.15) is 17.6 Å². The monoisotopic (exact) mass is 658 g/mol. The average Bonchev–Trinajstić information content (AvgIpc) is 2.99. The highest BCUT2D eigenvalue weighted by Crippen LogP contribution is 2.36. The molecular weight excluding hydrogens is 633 g/mol. The Morgan fingerprint density at radius 3 is 2.36 bits per heavy atom. The number of halogens is 7. The Morgan fingerprint density at radius 2 is 1.76 bits per heavy atom. The third-order valence-corrected chi connectivity index (χ3v) is 7.41. The van der Waals surface area contributed by atoms with Gasteiger partial charge in [-0.05, 0) is 55.3 Å². The number of nitrogen functional groups attached to an aromatic ring is 1. The van der Waals surface area contributed by atoms with E-state index in [1.165, 1.54) is 30.6 Å². The predicted molar refractivity (Wildman–Crippen MR) is 151 cm³/mol. The molecule has 1 unspecified atom stereocenters. The molecule has 0 saturated carbocycles. The summed E-state index contributed by atoms with van der Waals surface area (Å²) < 4.78 is 126. The van der Waals surface area contributed by atoms with Gasteiger partial charge in [-0.1, -0.05) is 12.1 Å². The molecule has 2 aromatic carbocycles. The van der Waals surface area contributed by atoms with Gasteiger partial charge in [-0.25, -0.2) is 36.5 Å². The molecule has 9 nitrogen and oxygen atoms in total. The van der Waals surface area contributed by atoms with E-state index in [2.05, 4.69) is 20.3 Å². The number of benzene rings is 2. The van der Waals surface area contributed by atoms with Crippen molar-refractivity contribution in [2.45, 2.75) is 30.9 Å². The summed E-state index contributed by atoms with van der Waals surface area (Å²) in [7, 11) is -4.57. The van der Waals surface area contributed by atoms with Gasteiger partial charge in [0.2, 0.25) is 27.7 Å². The number of hydrogen-bond donors (Lipinski definition) is 3. The van der Waals surface area contributed by atoms with Crippen LogP contribution in [0.4, 0.5) is 42.4 Å². The molecule has 1 aliphatic heterocycles. The van der Waals surface area contributed by atoms with Crippen LogP contribution < -0.4 is 20.5 Å². The van der Waals surface area contributed by atoms with Crippen LogP contribution in [-0.4, -0.2) is 42.6 Å². The van der Waals surface area contributed by atoms with Gasteiger partial charge in [0.15, 0.2) is 17.4 Å². The predicted octanol–water partition coefficient (Wildman–Crippen LogP) is 6.00. The summed E-state index contributed by atoms with van der Waals surface area (Å²) in [5.41, 5.74) is 3.49. The van der Waals surface area contributed by atoms with Crippen LogP contribution in [0.25, 0.3) is 11.3 Å².